The van der Waals surface area contributed by atoms with Crippen molar-refractivity contribution in [1.82, 2.24) is 10.6 Å². The number of halogens is 3. The van der Waals surface area contributed by atoms with Gasteiger partial charge in [0.2, 0.25) is 0 Å². The van der Waals surface area contributed by atoms with Crippen LogP contribution in [-0.2, 0) is 16.7 Å². The van der Waals surface area contributed by atoms with Crippen LogP contribution in [0, 0.1) is 5.82 Å². The van der Waals surface area contributed by atoms with Crippen LogP contribution in [0.3, 0.4) is 0 Å². The van der Waals surface area contributed by atoms with E-state index in [0.717, 1.165) is 29.7 Å². The number of nitrogens with zero attached hydrogens (tertiary/aromatic N) is 1. The molecule has 0 saturated carbocycles. The van der Waals surface area contributed by atoms with E-state index in [0.29, 0.717) is 37.3 Å². The highest BCUT2D eigenvalue weighted by molar-refractivity contribution is 14.0. The molecule has 0 bridgehead atoms. The highest BCUT2D eigenvalue weighted by atomic mass is 127. The van der Waals surface area contributed by atoms with Gasteiger partial charge in [0.15, 0.2) is 5.96 Å². The van der Waals surface area contributed by atoms with E-state index in [2.05, 4.69) is 15.6 Å². The molecule has 2 N–H and O–H groups in total. The van der Waals surface area contributed by atoms with Gasteiger partial charge in [-0.3, -0.25) is 4.99 Å². The summed E-state index contributed by atoms with van der Waals surface area (Å²) in [4.78, 5) is 4.32. The lowest BCUT2D eigenvalue weighted by Crippen LogP contribution is -2.48. The molecule has 2 aromatic rings. The Kier molecular flexibility index (Phi) is 9.64. The van der Waals surface area contributed by atoms with Gasteiger partial charge in [-0.25, -0.2) is 4.39 Å². The molecule has 1 heterocycles. The van der Waals surface area contributed by atoms with Crippen LogP contribution in [-0.4, -0.2) is 39.9 Å². The van der Waals surface area contributed by atoms with E-state index in [1.54, 1.807) is 26.3 Å². The zero-order chi connectivity index (χ0) is 20.7. The van der Waals surface area contributed by atoms with Crippen molar-refractivity contribution in [2.24, 2.45) is 4.99 Å². The van der Waals surface area contributed by atoms with Crippen LogP contribution in [0.4, 0.5) is 4.39 Å². The average molecular weight is 548 g/mol. The summed E-state index contributed by atoms with van der Waals surface area (Å²) in [5.41, 5.74) is 1.88. The molecule has 1 aliphatic rings. The molecular formula is C22H28ClFIN3O2. The Bertz CT molecular complexity index is 843. The summed E-state index contributed by atoms with van der Waals surface area (Å²) in [6, 6.07) is 12.2. The minimum atomic E-state index is -0.242. The summed E-state index contributed by atoms with van der Waals surface area (Å²) in [6.45, 7) is 2.57. The van der Waals surface area contributed by atoms with Crippen LogP contribution in [0.2, 0.25) is 5.02 Å². The zero-order valence-electron chi connectivity index (χ0n) is 17.2. The van der Waals surface area contributed by atoms with E-state index in [4.69, 9.17) is 21.1 Å². The molecule has 3 rings (SSSR count). The van der Waals surface area contributed by atoms with Gasteiger partial charge in [0, 0.05) is 49.4 Å². The summed E-state index contributed by atoms with van der Waals surface area (Å²) in [5.74, 6) is 1.27. The number of nitrogens with one attached hydrogen (secondary N) is 2. The van der Waals surface area contributed by atoms with E-state index >= 15 is 0 Å². The number of rotatable bonds is 6. The Morgan fingerprint density at radius 3 is 2.50 bits per heavy atom. The first kappa shape index (κ1) is 24.7. The fourth-order valence-corrected chi connectivity index (χ4v) is 3.83. The molecule has 0 aliphatic carbocycles. The third-order valence-corrected chi connectivity index (χ3v) is 5.61. The first-order chi connectivity index (χ1) is 14.1. The molecular weight excluding hydrogens is 520 g/mol. The topological polar surface area (TPSA) is 54.9 Å². The fourth-order valence-electron chi connectivity index (χ4n) is 3.66. The maximum Gasteiger partial charge on any atom is 0.191 e. The van der Waals surface area contributed by atoms with Crippen LogP contribution in [0.1, 0.15) is 24.0 Å². The molecule has 1 saturated heterocycles. The van der Waals surface area contributed by atoms with Crippen molar-refractivity contribution in [3.8, 4) is 5.75 Å². The Labute approximate surface area is 199 Å². The van der Waals surface area contributed by atoms with Crippen LogP contribution in [0.25, 0.3) is 0 Å². The first-order valence-electron chi connectivity index (χ1n) is 9.67. The maximum atomic E-state index is 13.1. The third kappa shape index (κ3) is 6.21. The maximum absolute atomic E-state index is 13.1. The zero-order valence-corrected chi connectivity index (χ0v) is 20.3. The fraction of sp³-hybridized carbons (Fsp3) is 0.409. The summed E-state index contributed by atoms with van der Waals surface area (Å²) in [6.07, 6.45) is 1.71. The summed E-state index contributed by atoms with van der Waals surface area (Å²) < 4.78 is 24.3. The Hall–Kier alpha value is -1.58. The lowest BCUT2D eigenvalue weighted by molar-refractivity contribution is 0.0505. The van der Waals surface area contributed by atoms with Crippen molar-refractivity contribution in [2.45, 2.75) is 24.8 Å². The number of methoxy groups -OCH3 is 1. The van der Waals surface area contributed by atoms with E-state index in [-0.39, 0.29) is 35.2 Å². The minimum absolute atomic E-state index is 0. The van der Waals surface area contributed by atoms with Crippen LogP contribution < -0.4 is 15.4 Å². The van der Waals surface area contributed by atoms with Crippen molar-refractivity contribution in [3.05, 3.63) is 64.4 Å². The van der Waals surface area contributed by atoms with Crippen molar-refractivity contribution in [2.75, 3.05) is 33.9 Å². The third-order valence-electron chi connectivity index (χ3n) is 5.37. The largest absolute Gasteiger partial charge is 0.496 e. The van der Waals surface area contributed by atoms with Gasteiger partial charge >= 0.3 is 0 Å². The normalized spacial score (nSPS) is 15.8. The van der Waals surface area contributed by atoms with E-state index in [9.17, 15) is 4.39 Å². The van der Waals surface area contributed by atoms with Crippen LogP contribution in [0.5, 0.6) is 5.75 Å². The van der Waals surface area contributed by atoms with Gasteiger partial charge in [-0.2, -0.15) is 0 Å². The molecule has 30 heavy (non-hydrogen) atoms. The highest BCUT2D eigenvalue weighted by Crippen LogP contribution is 2.40. The highest BCUT2D eigenvalue weighted by Gasteiger charge is 2.37. The molecule has 0 aromatic heterocycles. The van der Waals surface area contributed by atoms with Gasteiger partial charge < -0.3 is 20.1 Å². The van der Waals surface area contributed by atoms with Gasteiger partial charge in [0.25, 0.3) is 0 Å². The minimum Gasteiger partial charge on any atom is -0.496 e. The van der Waals surface area contributed by atoms with Gasteiger partial charge in [-0.05, 0) is 48.7 Å². The second-order valence-corrected chi connectivity index (χ2v) is 7.58. The number of hydrogen-bond acceptors (Lipinski definition) is 3. The number of ether oxygens (including phenoxy) is 2. The van der Waals surface area contributed by atoms with Crippen molar-refractivity contribution >= 4 is 41.5 Å². The molecule has 2 aromatic carbocycles. The number of guanidine groups is 1. The Balaban J connectivity index is 0.00000320. The summed E-state index contributed by atoms with van der Waals surface area (Å²) >= 11 is 6.30. The second kappa shape index (κ2) is 11.7. The molecule has 1 fully saturated rings. The molecule has 8 heteroatoms. The van der Waals surface area contributed by atoms with Crippen LogP contribution in [0.15, 0.2) is 47.5 Å². The molecule has 164 valence electrons. The molecule has 1 aliphatic heterocycles. The second-order valence-electron chi connectivity index (χ2n) is 7.14. The summed E-state index contributed by atoms with van der Waals surface area (Å²) in [5, 5.41) is 7.41. The van der Waals surface area contributed by atoms with Crippen molar-refractivity contribution in [1.29, 1.82) is 0 Å². The van der Waals surface area contributed by atoms with Gasteiger partial charge in [0.1, 0.15) is 11.6 Å². The molecule has 0 atom stereocenters. The Morgan fingerprint density at radius 1 is 1.17 bits per heavy atom. The average Bonchev–Trinajstić information content (AvgIpc) is 2.75. The first-order valence-corrected chi connectivity index (χ1v) is 10.0. The van der Waals surface area contributed by atoms with Gasteiger partial charge in [0.05, 0.1) is 7.11 Å². The molecule has 5 nitrogen and oxygen atoms in total. The van der Waals surface area contributed by atoms with Gasteiger partial charge in [-0.15, -0.1) is 24.0 Å². The monoisotopic (exact) mass is 547 g/mol. The quantitative estimate of drug-likeness (QED) is 0.317. The van der Waals surface area contributed by atoms with Gasteiger partial charge in [-0.1, -0.05) is 23.7 Å². The lowest BCUT2D eigenvalue weighted by Gasteiger charge is -2.39. The van der Waals surface area contributed by atoms with Crippen molar-refractivity contribution < 1.29 is 13.9 Å². The van der Waals surface area contributed by atoms with Crippen molar-refractivity contribution in [3.63, 3.8) is 0 Å². The smallest absolute Gasteiger partial charge is 0.191 e. The molecule has 0 unspecified atom stereocenters. The predicted octanol–water partition coefficient (Wildman–Crippen LogP) is 4.52. The van der Waals surface area contributed by atoms with E-state index in [1.807, 2.05) is 18.2 Å². The predicted molar refractivity (Wildman–Crippen MR) is 130 cm³/mol. The lowest BCUT2D eigenvalue weighted by atomic mass is 9.73. The van der Waals surface area contributed by atoms with E-state index in [1.165, 1.54) is 12.1 Å². The molecule has 0 radical (unpaired) electrons. The number of benzene rings is 2. The number of hydrogen-bond donors (Lipinski definition) is 2. The van der Waals surface area contributed by atoms with E-state index < -0.39 is 0 Å². The molecule has 0 amide bonds. The SMILES string of the molecule is CN=C(NCc1ccc(F)cc1)NCC1(c2cc(Cl)ccc2OC)CCOCC1.I. The number of aliphatic imine (C=N–C) groups is 1. The van der Waals surface area contributed by atoms with Crippen LogP contribution >= 0.6 is 35.6 Å². The Morgan fingerprint density at radius 2 is 1.87 bits per heavy atom. The summed E-state index contributed by atoms with van der Waals surface area (Å²) in [7, 11) is 3.41. The molecule has 0 spiro atoms. The standard InChI is InChI=1S/C22H27ClFN3O2.HI/c1-25-21(26-14-16-3-6-18(24)7-4-16)27-15-22(9-11-29-12-10-22)19-13-17(23)5-8-20(19)28-2;/h3-8,13H,9-12,14-15H2,1-2H3,(H2,25,26,27);1H.